The maximum atomic E-state index is 11.9. The summed E-state index contributed by atoms with van der Waals surface area (Å²) in [5.41, 5.74) is 1.82. The van der Waals surface area contributed by atoms with Crippen molar-refractivity contribution in [2.45, 2.75) is 33.4 Å². The van der Waals surface area contributed by atoms with Crippen molar-refractivity contribution in [2.24, 2.45) is 0 Å². The number of carbonyl (C=O) groups excluding carboxylic acids is 1. The summed E-state index contributed by atoms with van der Waals surface area (Å²) < 4.78 is 5.88. The molecule has 0 aliphatic carbocycles. The van der Waals surface area contributed by atoms with Gasteiger partial charge in [-0.3, -0.25) is 4.98 Å². The van der Waals surface area contributed by atoms with Gasteiger partial charge in [0, 0.05) is 25.4 Å². The maximum Gasteiger partial charge on any atom is 0.317 e. The molecule has 0 unspecified atom stereocenters. The molecule has 0 radical (unpaired) electrons. The van der Waals surface area contributed by atoms with Crippen LogP contribution in [0.1, 0.15) is 25.1 Å². The number of ether oxygens (including phenoxy) is 1. The molecular weight excluding hydrogens is 290 g/mol. The van der Waals surface area contributed by atoms with Gasteiger partial charge in [0.15, 0.2) is 0 Å². The van der Waals surface area contributed by atoms with Gasteiger partial charge in [-0.25, -0.2) is 4.79 Å². The molecule has 23 heavy (non-hydrogen) atoms. The number of nitrogens with zero attached hydrogens (tertiary/aromatic N) is 2. The molecule has 1 N–H and O–H groups in total. The quantitative estimate of drug-likeness (QED) is 0.915. The first-order chi connectivity index (χ1) is 11.0. The van der Waals surface area contributed by atoms with Crippen molar-refractivity contribution < 1.29 is 9.53 Å². The first kappa shape index (κ1) is 16.8. The number of para-hydroxylation sites is 1. The highest BCUT2D eigenvalue weighted by Gasteiger charge is 2.11. The molecule has 1 aromatic heterocycles. The predicted octanol–water partition coefficient (Wildman–Crippen LogP) is 3.73. The van der Waals surface area contributed by atoms with Crippen molar-refractivity contribution in [1.29, 1.82) is 0 Å². The third-order valence-electron chi connectivity index (χ3n) is 3.63. The zero-order valence-electron chi connectivity index (χ0n) is 14.0. The summed E-state index contributed by atoms with van der Waals surface area (Å²) in [5, 5.41) is 2.85. The molecule has 2 aromatic rings. The van der Waals surface area contributed by atoms with Gasteiger partial charge < -0.3 is 15.0 Å². The lowest BCUT2D eigenvalue weighted by Crippen LogP contribution is -2.40. The summed E-state index contributed by atoms with van der Waals surface area (Å²) in [7, 11) is 1.77. The molecule has 1 aromatic carbocycles. The topological polar surface area (TPSA) is 54.5 Å². The molecule has 5 nitrogen and oxygen atoms in total. The minimum Gasteiger partial charge on any atom is -0.457 e. The second-order valence-corrected chi connectivity index (χ2v) is 5.71. The average Bonchev–Trinajstić information content (AvgIpc) is 2.54. The van der Waals surface area contributed by atoms with E-state index < -0.39 is 0 Å². The number of aromatic nitrogens is 1. The van der Waals surface area contributed by atoms with Crippen LogP contribution in [0.5, 0.6) is 11.5 Å². The summed E-state index contributed by atoms with van der Waals surface area (Å²) in [5.74, 6) is 1.52. The molecule has 0 saturated carbocycles. The summed E-state index contributed by atoms with van der Waals surface area (Å²) in [6.07, 6.45) is 1.68. The Morgan fingerprint density at radius 3 is 2.74 bits per heavy atom. The number of carbonyl (C=O) groups is 1. The summed E-state index contributed by atoms with van der Waals surface area (Å²) >= 11 is 0. The highest BCUT2D eigenvalue weighted by molar-refractivity contribution is 5.74. The second-order valence-electron chi connectivity index (χ2n) is 5.71. The Labute approximate surface area is 137 Å². The Kier molecular flexibility index (Phi) is 5.57. The van der Waals surface area contributed by atoms with Crippen molar-refractivity contribution in [3.63, 3.8) is 0 Å². The van der Waals surface area contributed by atoms with Crippen LogP contribution in [0.4, 0.5) is 4.79 Å². The van der Waals surface area contributed by atoms with E-state index in [1.807, 2.05) is 51.1 Å². The van der Waals surface area contributed by atoms with Crippen LogP contribution >= 0.6 is 0 Å². The zero-order valence-corrected chi connectivity index (χ0v) is 14.0. The number of nitrogens with one attached hydrogen (secondary N) is 1. The third-order valence-corrected chi connectivity index (χ3v) is 3.63. The first-order valence-corrected chi connectivity index (χ1v) is 7.66. The largest absolute Gasteiger partial charge is 0.457 e. The molecule has 1 heterocycles. The number of urea groups is 1. The fourth-order valence-electron chi connectivity index (χ4n) is 1.94. The SMILES string of the molecule is Cc1ccccc1Oc1ccnc(CNC(=O)N(C)C(C)C)c1. The number of benzene rings is 1. The Bertz CT molecular complexity index is 671. The lowest BCUT2D eigenvalue weighted by Gasteiger charge is -2.21. The van der Waals surface area contributed by atoms with Gasteiger partial charge >= 0.3 is 6.03 Å². The molecule has 0 aliphatic rings. The molecule has 2 rings (SSSR count). The van der Waals surface area contributed by atoms with E-state index in [1.54, 1.807) is 24.2 Å². The molecule has 0 bridgehead atoms. The van der Waals surface area contributed by atoms with Crippen molar-refractivity contribution in [2.75, 3.05) is 7.05 Å². The lowest BCUT2D eigenvalue weighted by atomic mass is 10.2. The van der Waals surface area contributed by atoms with Crippen LogP contribution in [0.25, 0.3) is 0 Å². The van der Waals surface area contributed by atoms with Gasteiger partial charge in [-0.1, -0.05) is 18.2 Å². The summed E-state index contributed by atoms with van der Waals surface area (Å²) in [6.45, 7) is 6.29. The van der Waals surface area contributed by atoms with E-state index in [2.05, 4.69) is 10.3 Å². The first-order valence-electron chi connectivity index (χ1n) is 7.66. The van der Waals surface area contributed by atoms with Crippen molar-refractivity contribution in [3.05, 3.63) is 53.9 Å². The van der Waals surface area contributed by atoms with Gasteiger partial charge in [0.25, 0.3) is 0 Å². The normalized spacial score (nSPS) is 10.5. The summed E-state index contributed by atoms with van der Waals surface area (Å²) in [6, 6.07) is 11.5. The maximum absolute atomic E-state index is 11.9. The van der Waals surface area contributed by atoms with Gasteiger partial charge in [0.05, 0.1) is 12.2 Å². The molecule has 0 fully saturated rings. The van der Waals surface area contributed by atoms with E-state index in [-0.39, 0.29) is 12.1 Å². The standard InChI is InChI=1S/C18H23N3O2/c1-13(2)21(4)18(22)20-12-15-11-16(9-10-19-15)23-17-8-6-5-7-14(17)3/h5-11,13H,12H2,1-4H3,(H,20,22). The van der Waals surface area contributed by atoms with Crippen LogP contribution in [0.2, 0.25) is 0 Å². The van der Waals surface area contributed by atoms with Crippen LogP contribution in [0.3, 0.4) is 0 Å². The minimum absolute atomic E-state index is 0.118. The third kappa shape index (κ3) is 4.71. The number of aryl methyl sites for hydroxylation is 1. The Balaban J connectivity index is 2.00. The molecule has 122 valence electrons. The number of hydrogen-bond acceptors (Lipinski definition) is 3. The van der Waals surface area contributed by atoms with Gasteiger partial charge in [-0.2, -0.15) is 0 Å². The van der Waals surface area contributed by atoms with Crippen LogP contribution in [0, 0.1) is 6.92 Å². The van der Waals surface area contributed by atoms with Crippen molar-refractivity contribution >= 4 is 6.03 Å². The monoisotopic (exact) mass is 313 g/mol. The number of hydrogen-bond donors (Lipinski definition) is 1. The highest BCUT2D eigenvalue weighted by Crippen LogP contribution is 2.24. The van der Waals surface area contributed by atoms with Crippen molar-refractivity contribution in [3.8, 4) is 11.5 Å². The van der Waals surface area contributed by atoms with Gasteiger partial charge in [0.2, 0.25) is 0 Å². The van der Waals surface area contributed by atoms with Crippen LogP contribution < -0.4 is 10.1 Å². The smallest absolute Gasteiger partial charge is 0.317 e. The lowest BCUT2D eigenvalue weighted by molar-refractivity contribution is 0.197. The number of amides is 2. The van der Waals surface area contributed by atoms with E-state index in [9.17, 15) is 4.79 Å². The van der Waals surface area contributed by atoms with Crippen LogP contribution in [-0.2, 0) is 6.54 Å². The summed E-state index contributed by atoms with van der Waals surface area (Å²) in [4.78, 5) is 17.8. The number of pyridine rings is 1. The Morgan fingerprint density at radius 2 is 2.04 bits per heavy atom. The van der Waals surface area contributed by atoms with Gasteiger partial charge in [-0.15, -0.1) is 0 Å². The Morgan fingerprint density at radius 1 is 1.30 bits per heavy atom. The van der Waals surface area contributed by atoms with E-state index in [1.165, 1.54) is 0 Å². The van der Waals surface area contributed by atoms with E-state index in [0.29, 0.717) is 12.3 Å². The van der Waals surface area contributed by atoms with Crippen molar-refractivity contribution in [1.82, 2.24) is 15.2 Å². The van der Waals surface area contributed by atoms with Gasteiger partial charge in [-0.05, 0) is 38.5 Å². The fraction of sp³-hybridized carbons (Fsp3) is 0.333. The Hall–Kier alpha value is -2.56. The zero-order chi connectivity index (χ0) is 16.8. The number of rotatable bonds is 5. The van der Waals surface area contributed by atoms with Crippen LogP contribution in [0.15, 0.2) is 42.6 Å². The molecule has 0 spiro atoms. The van der Waals surface area contributed by atoms with Crippen LogP contribution in [-0.4, -0.2) is 29.0 Å². The van der Waals surface area contributed by atoms with E-state index in [0.717, 1.165) is 17.0 Å². The molecule has 5 heteroatoms. The van der Waals surface area contributed by atoms with E-state index in [4.69, 9.17) is 4.74 Å². The molecule has 2 amide bonds. The molecule has 0 aliphatic heterocycles. The predicted molar refractivity (Wildman–Crippen MR) is 90.6 cm³/mol. The minimum atomic E-state index is -0.118. The second kappa shape index (κ2) is 7.63. The molecular formula is C18H23N3O2. The average molecular weight is 313 g/mol. The fourth-order valence-corrected chi connectivity index (χ4v) is 1.94. The molecule has 0 saturated heterocycles. The van der Waals surface area contributed by atoms with Gasteiger partial charge in [0.1, 0.15) is 11.5 Å². The van der Waals surface area contributed by atoms with E-state index >= 15 is 0 Å². The highest BCUT2D eigenvalue weighted by atomic mass is 16.5. The molecule has 0 atom stereocenters.